The summed E-state index contributed by atoms with van der Waals surface area (Å²) in [5, 5.41) is 8.69. The Bertz CT molecular complexity index is 475. The standard InChI is InChI=1S/C9H14.C7H10N2O2/c1-9(2,3)8-6-4-5-7-8;1-4-5(2)9-7(3,8-4)6(10)11/h4-8H,1-3H3;1-3H3,(H,10,11). The minimum absolute atomic E-state index is 0.406. The molecule has 4 heteroatoms. The summed E-state index contributed by atoms with van der Waals surface area (Å²) < 4.78 is 0. The fourth-order valence-corrected chi connectivity index (χ4v) is 1.94. The maximum absolute atomic E-state index is 10.6. The number of aliphatic carboxylic acids is 1. The van der Waals surface area contributed by atoms with Crippen molar-refractivity contribution in [1.29, 1.82) is 0 Å². The van der Waals surface area contributed by atoms with E-state index in [4.69, 9.17) is 5.11 Å². The maximum atomic E-state index is 10.6. The number of nitrogens with zero attached hydrogens (tertiary/aromatic N) is 2. The fourth-order valence-electron chi connectivity index (χ4n) is 1.94. The largest absolute Gasteiger partial charge is 0.478 e. The molecule has 1 aliphatic heterocycles. The van der Waals surface area contributed by atoms with Gasteiger partial charge in [-0.1, -0.05) is 45.1 Å². The first-order valence-electron chi connectivity index (χ1n) is 6.78. The first-order valence-corrected chi connectivity index (χ1v) is 6.78. The van der Waals surface area contributed by atoms with Crippen LogP contribution in [0, 0.1) is 11.3 Å². The molecule has 0 atom stereocenters. The Hall–Kier alpha value is -1.71. The van der Waals surface area contributed by atoms with Gasteiger partial charge in [-0.05, 0) is 26.2 Å². The van der Waals surface area contributed by atoms with E-state index in [9.17, 15) is 4.79 Å². The van der Waals surface area contributed by atoms with Gasteiger partial charge in [-0.25, -0.2) is 14.8 Å². The van der Waals surface area contributed by atoms with Gasteiger partial charge in [0.15, 0.2) is 0 Å². The highest BCUT2D eigenvalue weighted by atomic mass is 16.4. The van der Waals surface area contributed by atoms with Crippen LogP contribution < -0.4 is 0 Å². The summed E-state index contributed by atoms with van der Waals surface area (Å²) in [4.78, 5) is 18.4. The molecule has 0 fully saturated rings. The Morgan fingerprint density at radius 3 is 1.75 bits per heavy atom. The van der Waals surface area contributed by atoms with Gasteiger partial charge in [0.05, 0.1) is 11.4 Å². The lowest BCUT2D eigenvalue weighted by Gasteiger charge is -2.23. The molecule has 4 nitrogen and oxygen atoms in total. The van der Waals surface area contributed by atoms with Crippen molar-refractivity contribution < 1.29 is 9.90 Å². The zero-order chi connectivity index (χ0) is 15.6. The zero-order valence-electron chi connectivity index (χ0n) is 13.1. The zero-order valence-corrected chi connectivity index (χ0v) is 13.1. The van der Waals surface area contributed by atoms with Crippen LogP contribution in [0.25, 0.3) is 0 Å². The summed E-state index contributed by atoms with van der Waals surface area (Å²) in [7, 11) is 0. The third-order valence-corrected chi connectivity index (χ3v) is 3.45. The van der Waals surface area contributed by atoms with Crippen LogP contribution in [-0.2, 0) is 4.79 Å². The number of carbonyl (C=O) groups is 1. The second kappa shape index (κ2) is 5.73. The Kier molecular flexibility index (Phi) is 4.69. The van der Waals surface area contributed by atoms with E-state index >= 15 is 0 Å². The summed E-state index contributed by atoms with van der Waals surface area (Å²) in [6.45, 7) is 11.8. The molecule has 0 amide bonds. The van der Waals surface area contributed by atoms with E-state index in [0.29, 0.717) is 22.8 Å². The van der Waals surface area contributed by atoms with Crippen molar-refractivity contribution in [3.05, 3.63) is 24.3 Å². The highest BCUT2D eigenvalue weighted by Crippen LogP contribution is 2.30. The molecule has 0 aromatic carbocycles. The number of rotatable bonds is 1. The molecular formula is C16H24N2O2. The number of aliphatic imine (C=N–C) groups is 2. The van der Waals surface area contributed by atoms with Crippen molar-refractivity contribution in [3.8, 4) is 0 Å². The monoisotopic (exact) mass is 276 g/mol. The molecule has 0 saturated heterocycles. The molecule has 0 saturated carbocycles. The van der Waals surface area contributed by atoms with Gasteiger partial charge in [-0.3, -0.25) is 0 Å². The van der Waals surface area contributed by atoms with Gasteiger partial charge in [0.2, 0.25) is 5.66 Å². The molecule has 1 N–H and O–H groups in total. The van der Waals surface area contributed by atoms with Crippen LogP contribution in [0.4, 0.5) is 0 Å². The van der Waals surface area contributed by atoms with Gasteiger partial charge in [0.1, 0.15) is 0 Å². The van der Waals surface area contributed by atoms with E-state index in [0.717, 1.165) is 0 Å². The Morgan fingerprint density at radius 1 is 1.15 bits per heavy atom. The molecule has 0 aromatic rings. The van der Waals surface area contributed by atoms with E-state index < -0.39 is 11.6 Å². The van der Waals surface area contributed by atoms with E-state index in [-0.39, 0.29) is 0 Å². The smallest absolute Gasteiger partial charge is 0.354 e. The first-order chi connectivity index (χ1) is 9.06. The number of hydrogen-bond donors (Lipinski definition) is 1. The average molecular weight is 276 g/mol. The maximum Gasteiger partial charge on any atom is 0.354 e. The van der Waals surface area contributed by atoms with Crippen LogP contribution in [0.5, 0.6) is 0 Å². The summed E-state index contributed by atoms with van der Waals surface area (Å²) >= 11 is 0. The van der Waals surface area contributed by atoms with Gasteiger partial charge in [-0.15, -0.1) is 0 Å². The van der Waals surface area contributed by atoms with Crippen molar-refractivity contribution in [2.75, 3.05) is 0 Å². The van der Waals surface area contributed by atoms with Crippen molar-refractivity contribution in [3.63, 3.8) is 0 Å². The lowest BCUT2D eigenvalue weighted by atomic mass is 9.82. The van der Waals surface area contributed by atoms with Crippen LogP contribution in [0.2, 0.25) is 0 Å². The molecule has 1 aliphatic carbocycles. The van der Waals surface area contributed by atoms with Gasteiger partial charge < -0.3 is 5.11 Å². The molecule has 0 spiro atoms. The quantitative estimate of drug-likeness (QED) is 0.796. The number of carboxylic acid groups (broad SMARTS) is 1. The number of allylic oxidation sites excluding steroid dienone is 4. The lowest BCUT2D eigenvalue weighted by Crippen LogP contribution is -2.28. The highest BCUT2D eigenvalue weighted by Gasteiger charge is 2.35. The first kappa shape index (κ1) is 16.3. The van der Waals surface area contributed by atoms with Crippen LogP contribution in [0.1, 0.15) is 41.5 Å². The molecule has 1 heterocycles. The fraction of sp³-hybridized carbons (Fsp3) is 0.562. The van der Waals surface area contributed by atoms with Crippen molar-refractivity contribution in [1.82, 2.24) is 0 Å². The predicted molar refractivity (Wildman–Crippen MR) is 83.5 cm³/mol. The Labute approximate surface area is 121 Å². The van der Waals surface area contributed by atoms with E-state index in [1.165, 1.54) is 6.92 Å². The number of hydrogen-bond acceptors (Lipinski definition) is 3. The van der Waals surface area contributed by atoms with Crippen molar-refractivity contribution in [2.24, 2.45) is 21.3 Å². The molecule has 20 heavy (non-hydrogen) atoms. The van der Waals surface area contributed by atoms with Crippen LogP contribution in [0.3, 0.4) is 0 Å². The average Bonchev–Trinajstić information content (AvgIpc) is 2.89. The molecule has 0 radical (unpaired) electrons. The molecule has 0 bridgehead atoms. The second-order valence-electron chi connectivity index (χ2n) is 6.38. The van der Waals surface area contributed by atoms with Crippen LogP contribution in [0.15, 0.2) is 34.3 Å². The van der Waals surface area contributed by atoms with Crippen molar-refractivity contribution >= 4 is 17.4 Å². The van der Waals surface area contributed by atoms with Gasteiger partial charge in [-0.2, -0.15) is 0 Å². The lowest BCUT2D eigenvalue weighted by molar-refractivity contribution is -0.142. The number of carboxylic acids is 1. The van der Waals surface area contributed by atoms with E-state index in [2.05, 4.69) is 55.1 Å². The van der Waals surface area contributed by atoms with Gasteiger partial charge in [0, 0.05) is 5.92 Å². The third-order valence-electron chi connectivity index (χ3n) is 3.45. The molecule has 0 aromatic heterocycles. The second-order valence-corrected chi connectivity index (χ2v) is 6.38. The topological polar surface area (TPSA) is 62.0 Å². The molecule has 0 unspecified atom stereocenters. The highest BCUT2D eigenvalue weighted by molar-refractivity contribution is 6.42. The molecular weight excluding hydrogens is 252 g/mol. The SMILES string of the molecule is CC(C)(C)C1C=CC=C1.CC1=NC(C)(C(=O)O)N=C1C. The summed E-state index contributed by atoms with van der Waals surface area (Å²) in [6, 6.07) is 0. The molecule has 110 valence electrons. The van der Waals surface area contributed by atoms with Crippen LogP contribution >= 0.6 is 0 Å². The predicted octanol–water partition coefficient (Wildman–Crippen LogP) is 3.50. The summed E-state index contributed by atoms with van der Waals surface area (Å²) in [5.74, 6) is -0.355. The normalized spacial score (nSPS) is 20.3. The van der Waals surface area contributed by atoms with Gasteiger partial charge in [0.25, 0.3) is 0 Å². The van der Waals surface area contributed by atoms with Crippen molar-refractivity contribution in [2.45, 2.75) is 47.2 Å². The molecule has 2 aliphatic rings. The summed E-state index contributed by atoms with van der Waals surface area (Å²) in [5.41, 5.74) is 0.544. The Morgan fingerprint density at radius 2 is 1.55 bits per heavy atom. The van der Waals surface area contributed by atoms with Crippen LogP contribution in [-0.4, -0.2) is 28.2 Å². The Balaban J connectivity index is 0.000000204. The molecule has 2 rings (SSSR count). The van der Waals surface area contributed by atoms with E-state index in [1.807, 2.05) is 0 Å². The minimum Gasteiger partial charge on any atom is -0.478 e. The van der Waals surface area contributed by atoms with E-state index in [1.54, 1.807) is 13.8 Å². The minimum atomic E-state index is -1.27. The van der Waals surface area contributed by atoms with Gasteiger partial charge >= 0.3 is 5.97 Å². The summed E-state index contributed by atoms with van der Waals surface area (Å²) in [6.07, 6.45) is 8.74. The third kappa shape index (κ3) is 3.89.